The second-order valence-electron chi connectivity index (χ2n) is 5.65. The maximum absolute atomic E-state index is 12.4. The van der Waals surface area contributed by atoms with Crippen LogP contribution in [0, 0.1) is 5.92 Å². The van der Waals surface area contributed by atoms with E-state index < -0.39 is 18.1 Å². The van der Waals surface area contributed by atoms with Crippen molar-refractivity contribution in [2.24, 2.45) is 5.92 Å². The molecule has 1 aromatic rings. The summed E-state index contributed by atoms with van der Waals surface area (Å²) in [5.74, 6) is -0.177. The van der Waals surface area contributed by atoms with Crippen LogP contribution in [0.1, 0.15) is 19.8 Å². The van der Waals surface area contributed by atoms with Crippen LogP contribution in [-0.4, -0.2) is 43.6 Å². The van der Waals surface area contributed by atoms with Gasteiger partial charge in [-0.1, -0.05) is 19.1 Å². The number of urea groups is 1. The number of anilines is 1. The molecule has 1 atom stereocenters. The maximum atomic E-state index is 12.4. The SMILES string of the molecule is CCCOC[C@@H]1CCN(C(=O)Nc2ccccc2OC(F)(F)F)C1. The summed E-state index contributed by atoms with van der Waals surface area (Å²) in [7, 11) is 0. The Labute approximate surface area is 138 Å². The number of rotatable bonds is 6. The maximum Gasteiger partial charge on any atom is 0.573 e. The van der Waals surface area contributed by atoms with Gasteiger partial charge in [0.05, 0.1) is 12.3 Å². The molecule has 0 aromatic heterocycles. The predicted molar refractivity (Wildman–Crippen MR) is 82.9 cm³/mol. The van der Waals surface area contributed by atoms with Crippen LogP contribution in [0.3, 0.4) is 0 Å². The van der Waals surface area contributed by atoms with Crippen LogP contribution < -0.4 is 10.1 Å². The molecular formula is C16H21F3N2O3. The summed E-state index contributed by atoms with van der Waals surface area (Å²) in [5.41, 5.74) is -0.00879. The molecule has 24 heavy (non-hydrogen) atoms. The molecule has 1 fully saturated rings. The van der Waals surface area contributed by atoms with E-state index in [-0.39, 0.29) is 11.6 Å². The zero-order valence-corrected chi connectivity index (χ0v) is 13.4. The number of hydrogen-bond acceptors (Lipinski definition) is 3. The minimum Gasteiger partial charge on any atom is -0.404 e. The lowest BCUT2D eigenvalue weighted by molar-refractivity contribution is -0.274. The molecule has 0 bridgehead atoms. The number of amides is 2. The van der Waals surface area contributed by atoms with E-state index in [0.29, 0.717) is 26.3 Å². The molecule has 0 saturated carbocycles. The summed E-state index contributed by atoms with van der Waals surface area (Å²) in [6.07, 6.45) is -3.05. The average molecular weight is 346 g/mol. The number of nitrogens with zero attached hydrogens (tertiary/aromatic N) is 1. The van der Waals surface area contributed by atoms with Crippen molar-refractivity contribution < 1.29 is 27.4 Å². The monoisotopic (exact) mass is 346 g/mol. The van der Waals surface area contributed by atoms with Gasteiger partial charge in [0.1, 0.15) is 0 Å². The summed E-state index contributed by atoms with van der Waals surface area (Å²) < 4.78 is 46.6. The minimum absolute atomic E-state index is 0.00879. The Morgan fingerprint density at radius 2 is 2.12 bits per heavy atom. The molecule has 2 rings (SSSR count). The van der Waals surface area contributed by atoms with Crippen LogP contribution in [0.25, 0.3) is 0 Å². The van der Waals surface area contributed by atoms with Gasteiger partial charge in [-0.25, -0.2) is 4.79 Å². The number of likely N-dealkylation sites (tertiary alicyclic amines) is 1. The molecule has 1 N–H and O–H groups in total. The fourth-order valence-electron chi connectivity index (χ4n) is 2.53. The van der Waals surface area contributed by atoms with E-state index in [2.05, 4.69) is 10.1 Å². The van der Waals surface area contributed by atoms with E-state index in [1.807, 2.05) is 6.92 Å². The number of benzene rings is 1. The highest BCUT2D eigenvalue weighted by molar-refractivity contribution is 5.91. The average Bonchev–Trinajstić information content (AvgIpc) is 2.97. The lowest BCUT2D eigenvalue weighted by atomic mass is 10.1. The van der Waals surface area contributed by atoms with Crippen molar-refractivity contribution in [1.29, 1.82) is 0 Å². The zero-order chi connectivity index (χ0) is 17.6. The summed E-state index contributed by atoms with van der Waals surface area (Å²) in [5, 5.41) is 2.48. The normalized spacial score (nSPS) is 17.8. The van der Waals surface area contributed by atoms with E-state index in [9.17, 15) is 18.0 Å². The molecule has 1 saturated heterocycles. The number of alkyl halides is 3. The van der Waals surface area contributed by atoms with Gasteiger partial charge in [0.25, 0.3) is 0 Å². The molecule has 1 aliphatic heterocycles. The zero-order valence-electron chi connectivity index (χ0n) is 13.4. The highest BCUT2D eigenvalue weighted by Crippen LogP contribution is 2.30. The molecule has 0 radical (unpaired) electrons. The Morgan fingerprint density at radius 1 is 1.38 bits per heavy atom. The van der Waals surface area contributed by atoms with Crippen LogP contribution in [0.4, 0.5) is 23.7 Å². The molecule has 5 nitrogen and oxygen atoms in total. The topological polar surface area (TPSA) is 50.8 Å². The Hall–Kier alpha value is -1.96. The molecule has 1 aromatic carbocycles. The smallest absolute Gasteiger partial charge is 0.404 e. The predicted octanol–water partition coefficient (Wildman–Crippen LogP) is 3.87. The largest absolute Gasteiger partial charge is 0.573 e. The standard InChI is InChI=1S/C16H21F3N2O3/c1-2-9-23-11-12-7-8-21(10-12)15(22)20-13-5-3-4-6-14(13)24-16(17,18)19/h3-6,12H,2,7-11H2,1H3,(H,20,22)/t12-/m1/s1. The van der Waals surface area contributed by atoms with Crippen LogP contribution >= 0.6 is 0 Å². The van der Waals surface area contributed by atoms with Crippen molar-refractivity contribution in [1.82, 2.24) is 4.90 Å². The van der Waals surface area contributed by atoms with Gasteiger partial charge >= 0.3 is 12.4 Å². The third-order valence-corrected chi connectivity index (χ3v) is 3.63. The lowest BCUT2D eigenvalue weighted by Crippen LogP contribution is -2.33. The number of carbonyl (C=O) groups excluding carboxylic acids is 1. The lowest BCUT2D eigenvalue weighted by Gasteiger charge is -2.19. The Morgan fingerprint density at radius 3 is 2.83 bits per heavy atom. The van der Waals surface area contributed by atoms with Gasteiger partial charge in [0, 0.05) is 25.6 Å². The van der Waals surface area contributed by atoms with E-state index in [4.69, 9.17) is 4.74 Å². The van der Waals surface area contributed by atoms with Crippen LogP contribution in [0.2, 0.25) is 0 Å². The first-order valence-corrected chi connectivity index (χ1v) is 7.87. The van der Waals surface area contributed by atoms with Gasteiger partial charge < -0.3 is 19.7 Å². The number of carbonyl (C=O) groups is 1. The van der Waals surface area contributed by atoms with Crippen LogP contribution in [0.15, 0.2) is 24.3 Å². The molecule has 2 amide bonds. The first kappa shape index (κ1) is 18.4. The van der Waals surface area contributed by atoms with Crippen molar-refractivity contribution in [3.8, 4) is 5.75 Å². The van der Waals surface area contributed by atoms with Gasteiger partial charge in [-0.05, 0) is 25.0 Å². The quantitative estimate of drug-likeness (QED) is 0.796. The van der Waals surface area contributed by atoms with E-state index >= 15 is 0 Å². The molecule has 134 valence electrons. The van der Waals surface area contributed by atoms with Crippen molar-refractivity contribution in [2.75, 3.05) is 31.6 Å². The summed E-state index contributed by atoms with van der Waals surface area (Å²) in [4.78, 5) is 13.8. The van der Waals surface area contributed by atoms with Gasteiger partial charge in [0.2, 0.25) is 0 Å². The van der Waals surface area contributed by atoms with Crippen molar-refractivity contribution >= 4 is 11.7 Å². The minimum atomic E-state index is -4.81. The fraction of sp³-hybridized carbons (Fsp3) is 0.562. The highest BCUT2D eigenvalue weighted by Gasteiger charge is 2.33. The fourth-order valence-corrected chi connectivity index (χ4v) is 2.53. The van der Waals surface area contributed by atoms with Gasteiger partial charge in [-0.3, -0.25) is 0 Å². The number of nitrogens with one attached hydrogen (secondary N) is 1. The number of para-hydroxylation sites is 2. The molecule has 0 spiro atoms. The molecule has 0 aliphatic carbocycles. The third-order valence-electron chi connectivity index (χ3n) is 3.63. The van der Waals surface area contributed by atoms with E-state index in [0.717, 1.165) is 18.9 Å². The highest BCUT2D eigenvalue weighted by atomic mass is 19.4. The summed E-state index contributed by atoms with van der Waals surface area (Å²) >= 11 is 0. The molecule has 1 heterocycles. The first-order valence-electron chi connectivity index (χ1n) is 7.87. The summed E-state index contributed by atoms with van der Waals surface area (Å²) in [6, 6.07) is 5.04. The Kier molecular flexibility index (Phi) is 6.30. The molecular weight excluding hydrogens is 325 g/mol. The van der Waals surface area contributed by atoms with Gasteiger partial charge in [-0.15, -0.1) is 13.2 Å². The van der Waals surface area contributed by atoms with E-state index in [1.54, 1.807) is 4.90 Å². The third kappa shape index (κ3) is 5.59. The molecule has 1 aliphatic rings. The Balaban J connectivity index is 1.91. The van der Waals surface area contributed by atoms with Crippen molar-refractivity contribution in [2.45, 2.75) is 26.1 Å². The van der Waals surface area contributed by atoms with E-state index in [1.165, 1.54) is 18.2 Å². The van der Waals surface area contributed by atoms with Gasteiger partial charge in [-0.2, -0.15) is 0 Å². The van der Waals surface area contributed by atoms with Crippen molar-refractivity contribution in [3.05, 3.63) is 24.3 Å². The molecule has 8 heteroatoms. The second-order valence-corrected chi connectivity index (χ2v) is 5.65. The number of halogens is 3. The first-order chi connectivity index (χ1) is 11.4. The molecule has 0 unspecified atom stereocenters. The summed E-state index contributed by atoms with van der Waals surface area (Å²) in [6.45, 7) is 4.37. The van der Waals surface area contributed by atoms with Gasteiger partial charge in [0.15, 0.2) is 5.75 Å². The Bertz CT molecular complexity index is 552. The number of hydrogen-bond donors (Lipinski definition) is 1. The second kappa shape index (κ2) is 8.23. The van der Waals surface area contributed by atoms with Crippen LogP contribution in [0.5, 0.6) is 5.75 Å². The van der Waals surface area contributed by atoms with Crippen molar-refractivity contribution in [3.63, 3.8) is 0 Å². The number of ether oxygens (including phenoxy) is 2. The van der Waals surface area contributed by atoms with Crippen LogP contribution in [-0.2, 0) is 4.74 Å².